The molecule has 184 valence electrons. The van der Waals surface area contributed by atoms with E-state index >= 15 is 0 Å². The van der Waals surface area contributed by atoms with E-state index in [2.05, 4.69) is 20.0 Å². The van der Waals surface area contributed by atoms with Gasteiger partial charge in [0, 0.05) is 12.6 Å². The molecule has 0 saturated heterocycles. The number of hydrogen-bond acceptors (Lipinski definition) is 9. The van der Waals surface area contributed by atoms with Gasteiger partial charge in [-0.1, -0.05) is 0 Å². The van der Waals surface area contributed by atoms with Crippen LogP contribution in [0.4, 0.5) is 0 Å². The highest BCUT2D eigenvalue weighted by Gasteiger charge is 2.17. The van der Waals surface area contributed by atoms with Crippen LogP contribution in [0.2, 0.25) is 0 Å². The van der Waals surface area contributed by atoms with Crippen molar-refractivity contribution in [3.05, 3.63) is 54.1 Å². The Morgan fingerprint density at radius 3 is 2.40 bits per heavy atom. The number of nitrogens with zero attached hydrogens (tertiary/aromatic N) is 4. The van der Waals surface area contributed by atoms with Crippen molar-refractivity contribution in [2.45, 2.75) is 11.8 Å². The van der Waals surface area contributed by atoms with Gasteiger partial charge in [-0.2, -0.15) is 4.52 Å². The van der Waals surface area contributed by atoms with Crippen molar-refractivity contribution in [1.82, 2.24) is 24.5 Å². The highest BCUT2D eigenvalue weighted by atomic mass is 32.2. The lowest BCUT2D eigenvalue weighted by Gasteiger charge is -2.11. The third kappa shape index (κ3) is 5.12. The van der Waals surface area contributed by atoms with Crippen LogP contribution in [0.15, 0.2) is 53.4 Å². The molecular weight excluding hydrogens is 474 g/mol. The van der Waals surface area contributed by atoms with Crippen LogP contribution in [0.1, 0.15) is 5.56 Å². The van der Waals surface area contributed by atoms with Gasteiger partial charge in [-0.15, -0.1) is 15.3 Å². The fourth-order valence-electron chi connectivity index (χ4n) is 3.44. The van der Waals surface area contributed by atoms with Crippen molar-refractivity contribution >= 4 is 15.7 Å². The average molecular weight is 500 g/mol. The summed E-state index contributed by atoms with van der Waals surface area (Å²) in [5.41, 5.74) is 1.88. The van der Waals surface area contributed by atoms with E-state index in [1.165, 1.54) is 17.7 Å². The van der Waals surface area contributed by atoms with Crippen LogP contribution in [-0.2, 0) is 10.0 Å². The molecule has 12 heteroatoms. The van der Waals surface area contributed by atoms with Crippen LogP contribution in [0, 0.1) is 6.92 Å². The first kappa shape index (κ1) is 24.2. The summed E-state index contributed by atoms with van der Waals surface area (Å²) in [7, 11) is 0.965. The minimum absolute atomic E-state index is 0.0475. The summed E-state index contributed by atoms with van der Waals surface area (Å²) >= 11 is 0. The number of rotatable bonds is 10. The molecule has 0 aliphatic carbocycles. The first-order valence-corrected chi connectivity index (χ1v) is 12.1. The van der Waals surface area contributed by atoms with Gasteiger partial charge in [0.2, 0.25) is 15.9 Å². The fraction of sp³-hybridized carbons (Fsp3) is 0.261. The molecule has 0 aliphatic rings. The molecule has 0 spiro atoms. The number of fused-ring (bicyclic) bond motifs is 1. The van der Waals surface area contributed by atoms with Crippen LogP contribution in [0.3, 0.4) is 0 Å². The normalized spacial score (nSPS) is 11.4. The molecule has 2 heterocycles. The first-order valence-electron chi connectivity index (χ1n) is 10.6. The lowest BCUT2D eigenvalue weighted by molar-refractivity contribution is 0.306. The second-order valence-corrected chi connectivity index (χ2v) is 9.18. The second-order valence-electron chi connectivity index (χ2n) is 7.41. The van der Waals surface area contributed by atoms with Gasteiger partial charge in [0.25, 0.3) is 0 Å². The van der Waals surface area contributed by atoms with Gasteiger partial charge >= 0.3 is 0 Å². The molecule has 0 fully saturated rings. The van der Waals surface area contributed by atoms with Crippen LogP contribution in [0.25, 0.3) is 17.0 Å². The summed E-state index contributed by atoms with van der Waals surface area (Å²) in [6, 6.07) is 13.3. The number of benzene rings is 2. The SMILES string of the molecule is COc1ccc(OC)c(-c2nnc3ccc(OCCNS(=O)(=O)c4ccc(OC)c(C)c4)nn23)c1. The van der Waals surface area contributed by atoms with Gasteiger partial charge in [0.05, 0.1) is 31.8 Å². The molecule has 35 heavy (non-hydrogen) atoms. The number of aromatic nitrogens is 4. The maximum atomic E-state index is 12.6. The number of nitrogens with one attached hydrogen (secondary N) is 1. The van der Waals surface area contributed by atoms with E-state index in [0.717, 1.165) is 5.56 Å². The number of methoxy groups -OCH3 is 3. The number of ether oxygens (including phenoxy) is 4. The highest BCUT2D eigenvalue weighted by molar-refractivity contribution is 7.89. The van der Waals surface area contributed by atoms with Crippen molar-refractivity contribution in [2.24, 2.45) is 0 Å². The molecule has 2 aromatic carbocycles. The predicted octanol–water partition coefficient (Wildman–Crippen LogP) is 2.48. The zero-order valence-electron chi connectivity index (χ0n) is 19.7. The number of hydrogen-bond donors (Lipinski definition) is 1. The largest absolute Gasteiger partial charge is 0.497 e. The molecule has 2 aromatic heterocycles. The van der Waals surface area contributed by atoms with Crippen LogP contribution in [-0.4, -0.2) is 62.7 Å². The standard InChI is InChI=1S/C23H25N5O6S/c1-15-13-17(6-8-19(15)32-3)35(29,30)24-11-12-34-22-10-9-21-25-26-23(28(21)27-22)18-14-16(31-2)5-7-20(18)33-4/h5-10,13-14,24H,11-12H2,1-4H3. The first-order chi connectivity index (χ1) is 16.9. The van der Waals surface area contributed by atoms with E-state index in [9.17, 15) is 8.42 Å². The topological polar surface area (TPSA) is 126 Å². The third-order valence-corrected chi connectivity index (χ3v) is 6.67. The number of sulfonamides is 1. The third-order valence-electron chi connectivity index (χ3n) is 5.21. The molecule has 1 N–H and O–H groups in total. The van der Waals surface area contributed by atoms with Crippen molar-refractivity contribution < 1.29 is 27.4 Å². The predicted molar refractivity (Wildman–Crippen MR) is 128 cm³/mol. The molecule has 11 nitrogen and oxygen atoms in total. The summed E-state index contributed by atoms with van der Waals surface area (Å²) in [5, 5.41) is 12.8. The van der Waals surface area contributed by atoms with Crippen LogP contribution >= 0.6 is 0 Å². The molecule has 0 bridgehead atoms. The summed E-state index contributed by atoms with van der Waals surface area (Å²) in [5.74, 6) is 2.55. The summed E-state index contributed by atoms with van der Waals surface area (Å²) in [4.78, 5) is 0.150. The Hall–Kier alpha value is -3.90. The van der Waals surface area contributed by atoms with E-state index < -0.39 is 10.0 Å². The summed E-state index contributed by atoms with van der Waals surface area (Å²) < 4.78 is 50.8. The Morgan fingerprint density at radius 1 is 0.914 bits per heavy atom. The van der Waals surface area contributed by atoms with Gasteiger partial charge < -0.3 is 18.9 Å². The molecule has 0 saturated carbocycles. The van der Waals surface area contributed by atoms with Gasteiger partial charge in [-0.25, -0.2) is 13.1 Å². The second kappa shape index (κ2) is 10.2. The Morgan fingerprint density at radius 2 is 1.69 bits per heavy atom. The zero-order chi connectivity index (χ0) is 25.0. The highest BCUT2D eigenvalue weighted by Crippen LogP contribution is 2.32. The Kier molecular flexibility index (Phi) is 7.03. The summed E-state index contributed by atoms with van der Waals surface area (Å²) in [6.07, 6.45) is 0. The lowest BCUT2D eigenvalue weighted by Crippen LogP contribution is -2.28. The molecule has 0 atom stereocenters. The van der Waals surface area contributed by atoms with Crippen molar-refractivity contribution in [2.75, 3.05) is 34.5 Å². The molecular formula is C23H25N5O6S. The minimum Gasteiger partial charge on any atom is -0.497 e. The van der Waals surface area contributed by atoms with Crippen LogP contribution in [0.5, 0.6) is 23.1 Å². The monoisotopic (exact) mass is 499 g/mol. The van der Waals surface area contributed by atoms with Crippen molar-refractivity contribution in [3.63, 3.8) is 0 Å². The average Bonchev–Trinajstić information content (AvgIpc) is 3.29. The van der Waals surface area contributed by atoms with Gasteiger partial charge in [-0.05, 0) is 55.0 Å². The fourth-order valence-corrected chi connectivity index (χ4v) is 4.54. The molecule has 4 rings (SSSR count). The van der Waals surface area contributed by atoms with Gasteiger partial charge in [0.1, 0.15) is 23.9 Å². The maximum absolute atomic E-state index is 12.6. The molecule has 4 aromatic rings. The smallest absolute Gasteiger partial charge is 0.240 e. The quantitative estimate of drug-likeness (QED) is 0.328. The number of aryl methyl sites for hydroxylation is 1. The minimum atomic E-state index is -3.70. The van der Waals surface area contributed by atoms with E-state index in [4.69, 9.17) is 18.9 Å². The van der Waals surface area contributed by atoms with E-state index in [1.807, 2.05) is 0 Å². The van der Waals surface area contributed by atoms with E-state index in [-0.39, 0.29) is 23.9 Å². The van der Waals surface area contributed by atoms with Gasteiger partial charge in [-0.3, -0.25) is 0 Å². The Labute approximate surface area is 202 Å². The van der Waals surface area contributed by atoms with Crippen molar-refractivity contribution in [1.29, 1.82) is 0 Å². The maximum Gasteiger partial charge on any atom is 0.240 e. The van der Waals surface area contributed by atoms with Crippen molar-refractivity contribution in [3.8, 4) is 34.5 Å². The van der Waals surface area contributed by atoms with E-state index in [0.29, 0.717) is 34.3 Å². The zero-order valence-corrected chi connectivity index (χ0v) is 20.5. The Balaban J connectivity index is 1.47. The lowest BCUT2D eigenvalue weighted by atomic mass is 10.2. The molecule has 0 unspecified atom stereocenters. The van der Waals surface area contributed by atoms with Crippen LogP contribution < -0.4 is 23.7 Å². The molecule has 0 radical (unpaired) electrons. The molecule has 0 aliphatic heterocycles. The van der Waals surface area contributed by atoms with Gasteiger partial charge in [0.15, 0.2) is 11.5 Å². The van der Waals surface area contributed by atoms with E-state index in [1.54, 1.807) is 63.6 Å². The summed E-state index contributed by atoms with van der Waals surface area (Å²) in [6.45, 7) is 1.89. The molecule has 0 amide bonds. The Bertz CT molecular complexity index is 1450.